The summed E-state index contributed by atoms with van der Waals surface area (Å²) in [5.41, 5.74) is 2.31. The number of para-hydroxylation sites is 1. The number of rotatable bonds is 6. The van der Waals surface area contributed by atoms with E-state index in [1.807, 2.05) is 12.1 Å². The van der Waals surface area contributed by atoms with Crippen molar-refractivity contribution in [3.63, 3.8) is 0 Å². The Hall–Kier alpha value is -2.53. The van der Waals surface area contributed by atoms with E-state index in [1.165, 1.54) is 5.56 Å². The zero-order valence-corrected chi connectivity index (χ0v) is 16.3. The highest BCUT2D eigenvalue weighted by Gasteiger charge is 2.34. The maximum absolute atomic E-state index is 13.0. The highest BCUT2D eigenvalue weighted by Crippen LogP contribution is 2.24. The van der Waals surface area contributed by atoms with Crippen LogP contribution in [0.4, 0.5) is 5.69 Å². The molecule has 5 heteroatoms. The molecule has 0 bridgehead atoms. The minimum atomic E-state index is -0.532. The van der Waals surface area contributed by atoms with Crippen LogP contribution in [0.3, 0.4) is 0 Å². The second-order valence-corrected chi connectivity index (χ2v) is 7.42. The van der Waals surface area contributed by atoms with Gasteiger partial charge in [-0.1, -0.05) is 38.1 Å². The van der Waals surface area contributed by atoms with E-state index >= 15 is 0 Å². The second-order valence-electron chi connectivity index (χ2n) is 7.42. The van der Waals surface area contributed by atoms with Crippen molar-refractivity contribution in [2.24, 2.45) is 0 Å². The highest BCUT2D eigenvalue weighted by atomic mass is 16.5. The lowest BCUT2D eigenvalue weighted by atomic mass is 9.97. The number of methoxy groups -OCH3 is 1. The minimum absolute atomic E-state index is 0.137. The molecule has 1 heterocycles. The fraction of sp³-hybridized carbons (Fsp3) is 0.409. The Morgan fingerprint density at radius 3 is 2.52 bits per heavy atom. The van der Waals surface area contributed by atoms with Crippen molar-refractivity contribution in [1.29, 1.82) is 0 Å². The van der Waals surface area contributed by atoms with Crippen molar-refractivity contribution >= 4 is 11.6 Å². The predicted octanol–water partition coefficient (Wildman–Crippen LogP) is 3.74. The lowest BCUT2D eigenvalue weighted by Crippen LogP contribution is -2.62. The third-order valence-electron chi connectivity index (χ3n) is 5.05. The van der Waals surface area contributed by atoms with E-state index < -0.39 is 5.66 Å². The molecule has 1 aliphatic heterocycles. The van der Waals surface area contributed by atoms with E-state index in [1.54, 1.807) is 19.2 Å². The van der Waals surface area contributed by atoms with Gasteiger partial charge in [0.2, 0.25) is 0 Å². The van der Waals surface area contributed by atoms with Gasteiger partial charge in [-0.15, -0.1) is 0 Å². The first-order chi connectivity index (χ1) is 13.0. The van der Waals surface area contributed by atoms with E-state index in [4.69, 9.17) is 4.74 Å². The number of piperidine rings is 1. The number of hydrogen-bond acceptors (Lipinski definition) is 4. The molecule has 3 rings (SSSR count). The Labute approximate surface area is 161 Å². The molecule has 0 radical (unpaired) electrons. The molecular formula is C22H29N3O2. The molecule has 2 aromatic rings. The van der Waals surface area contributed by atoms with Gasteiger partial charge >= 0.3 is 0 Å². The van der Waals surface area contributed by atoms with Crippen molar-refractivity contribution in [2.75, 3.05) is 25.5 Å². The number of nitrogens with one attached hydrogen (secondary N) is 3. The summed E-state index contributed by atoms with van der Waals surface area (Å²) in [6.45, 7) is 5.99. The molecule has 0 aliphatic carbocycles. The number of carbonyl (C=O) groups excluding carboxylic acids is 1. The summed E-state index contributed by atoms with van der Waals surface area (Å²) in [7, 11) is 1.58. The molecular weight excluding hydrogens is 338 g/mol. The van der Waals surface area contributed by atoms with Crippen LogP contribution in [-0.2, 0) is 0 Å². The number of benzene rings is 2. The highest BCUT2D eigenvalue weighted by molar-refractivity contribution is 5.97. The van der Waals surface area contributed by atoms with E-state index in [0.29, 0.717) is 23.8 Å². The van der Waals surface area contributed by atoms with Crippen LogP contribution in [-0.4, -0.2) is 31.8 Å². The summed E-state index contributed by atoms with van der Waals surface area (Å²) in [6, 6.07) is 15.7. The van der Waals surface area contributed by atoms with Crippen LogP contribution in [0.2, 0.25) is 0 Å². The second kappa shape index (κ2) is 8.44. The molecule has 1 atom stereocenters. The van der Waals surface area contributed by atoms with Gasteiger partial charge in [0.15, 0.2) is 0 Å². The van der Waals surface area contributed by atoms with E-state index in [-0.39, 0.29) is 5.91 Å². The average Bonchev–Trinajstić information content (AvgIpc) is 2.69. The van der Waals surface area contributed by atoms with Crippen LogP contribution >= 0.6 is 0 Å². The summed E-state index contributed by atoms with van der Waals surface area (Å²) < 4.78 is 5.35. The first-order valence-electron chi connectivity index (χ1n) is 9.57. The average molecular weight is 367 g/mol. The third-order valence-corrected chi connectivity index (χ3v) is 5.05. The van der Waals surface area contributed by atoms with E-state index in [0.717, 1.165) is 25.1 Å². The number of ether oxygens (including phenoxy) is 1. The molecule has 27 heavy (non-hydrogen) atoms. The van der Waals surface area contributed by atoms with Gasteiger partial charge < -0.3 is 20.7 Å². The van der Waals surface area contributed by atoms with Crippen molar-refractivity contribution in [2.45, 2.75) is 38.3 Å². The van der Waals surface area contributed by atoms with E-state index in [2.05, 4.69) is 54.1 Å². The van der Waals surface area contributed by atoms with Gasteiger partial charge in [0.05, 0.1) is 12.7 Å². The van der Waals surface area contributed by atoms with Crippen LogP contribution in [0.15, 0.2) is 48.5 Å². The summed E-state index contributed by atoms with van der Waals surface area (Å²) >= 11 is 0. The summed E-state index contributed by atoms with van der Waals surface area (Å²) in [4.78, 5) is 13.0. The molecule has 1 aliphatic rings. The summed E-state index contributed by atoms with van der Waals surface area (Å²) in [5, 5.41) is 10.2. The number of hydrogen-bond donors (Lipinski definition) is 3. The Bertz CT molecular complexity index is 765. The third kappa shape index (κ3) is 4.61. The van der Waals surface area contributed by atoms with Crippen molar-refractivity contribution in [3.05, 3.63) is 59.7 Å². The van der Waals surface area contributed by atoms with Crippen LogP contribution in [0, 0.1) is 0 Å². The molecule has 2 aromatic carbocycles. The quantitative estimate of drug-likeness (QED) is 0.681. The van der Waals surface area contributed by atoms with Crippen LogP contribution < -0.4 is 20.7 Å². The maximum Gasteiger partial charge on any atom is 0.256 e. The van der Waals surface area contributed by atoms with Gasteiger partial charge in [0.25, 0.3) is 5.91 Å². The lowest BCUT2D eigenvalue weighted by molar-refractivity contribution is 0.0892. The lowest BCUT2D eigenvalue weighted by Gasteiger charge is -2.40. The van der Waals surface area contributed by atoms with Gasteiger partial charge in [0, 0.05) is 12.2 Å². The SMILES string of the molecule is COc1ccccc1C(=O)N[C@]1(Nc2ccc(C(C)C)cc2)CCCNC1. The summed E-state index contributed by atoms with van der Waals surface area (Å²) in [6.07, 6.45) is 1.84. The van der Waals surface area contributed by atoms with Gasteiger partial charge in [-0.2, -0.15) is 0 Å². The number of amides is 1. The predicted molar refractivity (Wildman–Crippen MR) is 109 cm³/mol. The van der Waals surface area contributed by atoms with Crippen LogP contribution in [0.25, 0.3) is 0 Å². The molecule has 3 N–H and O–H groups in total. The zero-order chi connectivity index (χ0) is 19.3. The van der Waals surface area contributed by atoms with Crippen molar-refractivity contribution < 1.29 is 9.53 Å². The zero-order valence-electron chi connectivity index (χ0n) is 16.3. The fourth-order valence-corrected chi connectivity index (χ4v) is 3.49. The molecule has 1 saturated heterocycles. The molecule has 0 saturated carbocycles. The molecule has 5 nitrogen and oxygen atoms in total. The largest absolute Gasteiger partial charge is 0.496 e. The standard InChI is InChI=1S/C22H29N3O2/c1-16(2)17-9-11-18(12-10-17)24-22(13-6-14-23-15-22)25-21(26)19-7-4-5-8-20(19)27-3/h4-5,7-12,16,23-24H,6,13-15H2,1-3H3,(H,25,26)/t22-/m1/s1. The molecule has 1 fully saturated rings. The summed E-state index contributed by atoms with van der Waals surface area (Å²) in [5.74, 6) is 0.937. The van der Waals surface area contributed by atoms with Crippen LogP contribution in [0.1, 0.15) is 48.5 Å². The maximum atomic E-state index is 13.0. The topological polar surface area (TPSA) is 62.4 Å². The van der Waals surface area contributed by atoms with Gasteiger partial charge in [-0.25, -0.2) is 0 Å². The molecule has 1 amide bonds. The number of anilines is 1. The minimum Gasteiger partial charge on any atom is -0.496 e. The van der Waals surface area contributed by atoms with Gasteiger partial charge in [-0.3, -0.25) is 4.79 Å². The van der Waals surface area contributed by atoms with Crippen LogP contribution in [0.5, 0.6) is 5.75 Å². The van der Waals surface area contributed by atoms with Gasteiger partial charge in [-0.05, 0) is 55.1 Å². The Balaban J connectivity index is 1.81. The molecule has 0 unspecified atom stereocenters. The Morgan fingerprint density at radius 1 is 1.15 bits per heavy atom. The van der Waals surface area contributed by atoms with Crippen molar-refractivity contribution in [3.8, 4) is 5.75 Å². The first kappa shape index (κ1) is 19.2. The van der Waals surface area contributed by atoms with E-state index in [9.17, 15) is 4.79 Å². The number of carbonyl (C=O) groups is 1. The molecule has 0 spiro atoms. The van der Waals surface area contributed by atoms with Crippen molar-refractivity contribution in [1.82, 2.24) is 10.6 Å². The Kier molecular flexibility index (Phi) is 6.01. The fourth-order valence-electron chi connectivity index (χ4n) is 3.49. The van der Waals surface area contributed by atoms with Gasteiger partial charge in [0.1, 0.15) is 11.4 Å². The first-order valence-corrected chi connectivity index (χ1v) is 9.57. The molecule has 144 valence electrons. The normalized spacial score (nSPS) is 19.6. The monoisotopic (exact) mass is 367 g/mol. The molecule has 0 aromatic heterocycles. The smallest absolute Gasteiger partial charge is 0.256 e. The Morgan fingerprint density at radius 2 is 1.89 bits per heavy atom.